The molecule has 0 aromatic heterocycles. The molecule has 0 aliphatic carbocycles. The Morgan fingerprint density at radius 3 is 2.00 bits per heavy atom. The van der Waals surface area contributed by atoms with Gasteiger partial charge in [-0.3, -0.25) is 0 Å². The lowest BCUT2D eigenvalue weighted by Crippen LogP contribution is -1.84. The Kier molecular flexibility index (Phi) is 3.85. The molecule has 0 rings (SSSR count). The number of allylic oxidation sites excluding steroid dienone is 2. The van der Waals surface area contributed by atoms with Gasteiger partial charge in [-0.2, -0.15) is 0 Å². The summed E-state index contributed by atoms with van der Waals surface area (Å²) in [5.74, 6) is 0.347. The van der Waals surface area contributed by atoms with Crippen molar-refractivity contribution >= 4 is 0 Å². The highest BCUT2D eigenvalue weighted by Gasteiger charge is 1.94. The fourth-order valence-electron chi connectivity index (χ4n) is 0.757. The summed E-state index contributed by atoms with van der Waals surface area (Å²) in [6.07, 6.45) is 3.31. The maximum absolute atomic E-state index is 9.08. The average molecular weight is 126 g/mol. The van der Waals surface area contributed by atoms with Crippen LogP contribution in [0.5, 0.6) is 0 Å². The first-order valence-electron chi connectivity index (χ1n) is 3.29. The van der Waals surface area contributed by atoms with Gasteiger partial charge in [-0.25, -0.2) is 0 Å². The molecule has 0 unspecified atom stereocenters. The van der Waals surface area contributed by atoms with Crippen LogP contribution in [0.25, 0.3) is 0 Å². The van der Waals surface area contributed by atoms with Crippen molar-refractivity contribution < 1.29 is 5.11 Å². The SMILES string of the molecule is C=CC(O)=C(CC)CC. The van der Waals surface area contributed by atoms with Crippen molar-refractivity contribution in [1.82, 2.24) is 0 Å². The molecule has 0 aromatic rings. The number of hydrogen-bond donors (Lipinski definition) is 1. The van der Waals surface area contributed by atoms with Gasteiger partial charge in [-0.15, -0.1) is 0 Å². The van der Waals surface area contributed by atoms with Crippen molar-refractivity contribution in [3.05, 3.63) is 24.0 Å². The Balaban J connectivity index is 4.17. The second-order valence-corrected chi connectivity index (χ2v) is 1.90. The normalized spacial score (nSPS) is 8.67. The van der Waals surface area contributed by atoms with Gasteiger partial charge in [0.25, 0.3) is 0 Å². The minimum absolute atomic E-state index is 0.347. The van der Waals surface area contributed by atoms with Crippen LogP contribution in [0.1, 0.15) is 26.7 Å². The summed E-state index contributed by atoms with van der Waals surface area (Å²) in [5.41, 5.74) is 1.07. The van der Waals surface area contributed by atoms with Gasteiger partial charge in [0.15, 0.2) is 0 Å². The van der Waals surface area contributed by atoms with Crippen LogP contribution in [0.15, 0.2) is 24.0 Å². The highest BCUT2D eigenvalue weighted by atomic mass is 16.3. The third kappa shape index (κ3) is 2.36. The van der Waals surface area contributed by atoms with Crippen LogP contribution in [0, 0.1) is 0 Å². The molecule has 0 amide bonds. The first-order valence-corrected chi connectivity index (χ1v) is 3.29. The minimum atomic E-state index is 0.347. The maximum atomic E-state index is 9.08. The van der Waals surface area contributed by atoms with Crippen LogP contribution in [-0.2, 0) is 0 Å². The molecule has 0 atom stereocenters. The smallest absolute Gasteiger partial charge is 0.114 e. The van der Waals surface area contributed by atoms with E-state index in [4.69, 9.17) is 5.11 Å². The Hall–Kier alpha value is -0.720. The summed E-state index contributed by atoms with van der Waals surface area (Å²) in [4.78, 5) is 0. The first-order chi connectivity index (χ1) is 4.26. The first kappa shape index (κ1) is 8.28. The molecular weight excluding hydrogens is 112 g/mol. The molecule has 0 saturated carbocycles. The minimum Gasteiger partial charge on any atom is -0.508 e. The van der Waals surface area contributed by atoms with Crippen LogP contribution >= 0.6 is 0 Å². The predicted octanol–water partition coefficient (Wildman–Crippen LogP) is 2.80. The van der Waals surface area contributed by atoms with Crippen molar-refractivity contribution in [3.8, 4) is 0 Å². The van der Waals surface area contributed by atoms with Gasteiger partial charge in [-0.1, -0.05) is 20.4 Å². The van der Waals surface area contributed by atoms with Crippen molar-refractivity contribution in [2.45, 2.75) is 26.7 Å². The molecule has 0 saturated heterocycles. The van der Waals surface area contributed by atoms with Gasteiger partial charge >= 0.3 is 0 Å². The molecule has 52 valence electrons. The van der Waals surface area contributed by atoms with Crippen molar-refractivity contribution in [2.75, 3.05) is 0 Å². The van der Waals surface area contributed by atoms with E-state index in [-0.39, 0.29) is 0 Å². The third-order valence-electron chi connectivity index (χ3n) is 1.41. The van der Waals surface area contributed by atoms with E-state index in [9.17, 15) is 0 Å². The highest BCUT2D eigenvalue weighted by Crippen LogP contribution is 2.10. The van der Waals surface area contributed by atoms with Crippen LogP contribution in [-0.4, -0.2) is 5.11 Å². The monoisotopic (exact) mass is 126 g/mol. The molecule has 0 fully saturated rings. The fourth-order valence-corrected chi connectivity index (χ4v) is 0.757. The molecule has 0 aromatic carbocycles. The molecule has 1 nitrogen and oxygen atoms in total. The molecule has 1 N–H and O–H groups in total. The Bertz CT molecular complexity index is 117. The predicted molar refractivity (Wildman–Crippen MR) is 40.4 cm³/mol. The van der Waals surface area contributed by atoms with E-state index in [0.29, 0.717) is 5.76 Å². The number of hydrogen-bond acceptors (Lipinski definition) is 1. The van der Waals surface area contributed by atoms with E-state index in [1.807, 2.05) is 13.8 Å². The zero-order chi connectivity index (χ0) is 7.28. The van der Waals surface area contributed by atoms with Gasteiger partial charge in [0.2, 0.25) is 0 Å². The number of aliphatic hydroxyl groups is 1. The molecule has 0 aliphatic rings. The van der Waals surface area contributed by atoms with Crippen LogP contribution in [0.2, 0.25) is 0 Å². The topological polar surface area (TPSA) is 20.2 Å². The molecule has 9 heavy (non-hydrogen) atoms. The zero-order valence-corrected chi connectivity index (χ0v) is 6.15. The quantitative estimate of drug-likeness (QED) is 0.455. The molecule has 0 radical (unpaired) electrons. The summed E-state index contributed by atoms with van der Waals surface area (Å²) in [6, 6.07) is 0. The maximum Gasteiger partial charge on any atom is 0.114 e. The second-order valence-electron chi connectivity index (χ2n) is 1.90. The molecule has 0 spiro atoms. The lowest BCUT2D eigenvalue weighted by atomic mass is 10.1. The van der Waals surface area contributed by atoms with Gasteiger partial charge < -0.3 is 5.11 Å². The van der Waals surface area contributed by atoms with E-state index in [0.717, 1.165) is 18.4 Å². The molecule has 0 aliphatic heterocycles. The highest BCUT2D eigenvalue weighted by molar-refractivity contribution is 5.16. The summed E-state index contributed by atoms with van der Waals surface area (Å²) in [6.45, 7) is 7.52. The summed E-state index contributed by atoms with van der Waals surface area (Å²) in [7, 11) is 0. The lowest BCUT2D eigenvalue weighted by molar-refractivity contribution is 0.421. The van der Waals surface area contributed by atoms with Crippen LogP contribution in [0.3, 0.4) is 0 Å². The third-order valence-corrected chi connectivity index (χ3v) is 1.41. The summed E-state index contributed by atoms with van der Waals surface area (Å²) in [5, 5.41) is 9.08. The van der Waals surface area contributed by atoms with Gasteiger partial charge in [0, 0.05) is 0 Å². The largest absolute Gasteiger partial charge is 0.508 e. The summed E-state index contributed by atoms with van der Waals surface area (Å²) < 4.78 is 0. The van der Waals surface area contributed by atoms with E-state index in [2.05, 4.69) is 6.58 Å². The second kappa shape index (κ2) is 4.19. The Labute approximate surface area is 56.7 Å². The standard InChI is InChI=1S/C8H14O/c1-4-7(5-2)8(9)6-3/h6,9H,3-5H2,1-2H3. The van der Waals surface area contributed by atoms with Crippen molar-refractivity contribution in [2.24, 2.45) is 0 Å². The lowest BCUT2D eigenvalue weighted by Gasteiger charge is -2.00. The number of aliphatic hydroxyl groups excluding tert-OH is 1. The van der Waals surface area contributed by atoms with E-state index in [1.165, 1.54) is 6.08 Å². The molecule has 0 heterocycles. The zero-order valence-electron chi connectivity index (χ0n) is 6.15. The Morgan fingerprint density at radius 1 is 1.44 bits per heavy atom. The van der Waals surface area contributed by atoms with E-state index >= 15 is 0 Å². The van der Waals surface area contributed by atoms with E-state index in [1.54, 1.807) is 0 Å². The van der Waals surface area contributed by atoms with Gasteiger partial charge in [-0.05, 0) is 24.5 Å². The van der Waals surface area contributed by atoms with Gasteiger partial charge in [0.1, 0.15) is 5.76 Å². The fraction of sp³-hybridized carbons (Fsp3) is 0.500. The summed E-state index contributed by atoms with van der Waals surface area (Å²) >= 11 is 0. The van der Waals surface area contributed by atoms with Gasteiger partial charge in [0.05, 0.1) is 0 Å². The Morgan fingerprint density at radius 2 is 1.89 bits per heavy atom. The molecular formula is C8H14O. The van der Waals surface area contributed by atoms with Crippen molar-refractivity contribution in [1.29, 1.82) is 0 Å². The molecule has 0 bridgehead atoms. The molecule has 1 heteroatoms. The van der Waals surface area contributed by atoms with Crippen LogP contribution in [0.4, 0.5) is 0 Å². The number of rotatable bonds is 3. The van der Waals surface area contributed by atoms with Crippen LogP contribution < -0.4 is 0 Å². The van der Waals surface area contributed by atoms with Crippen molar-refractivity contribution in [3.63, 3.8) is 0 Å². The van der Waals surface area contributed by atoms with E-state index < -0.39 is 0 Å². The average Bonchev–Trinajstić information content (AvgIpc) is 1.90.